The van der Waals surface area contributed by atoms with E-state index in [9.17, 15) is 0 Å². The van der Waals surface area contributed by atoms with Gasteiger partial charge in [-0.15, -0.1) is 0 Å². The Balaban J connectivity index is 2.11. The van der Waals surface area contributed by atoms with E-state index < -0.39 is 0 Å². The molecule has 0 unspecified atom stereocenters. The van der Waals surface area contributed by atoms with Crippen LogP contribution in [0.2, 0.25) is 0 Å². The molecule has 3 aromatic rings. The molecule has 19 heavy (non-hydrogen) atoms. The van der Waals surface area contributed by atoms with Gasteiger partial charge in [0.25, 0.3) is 0 Å². The number of para-hydroxylation sites is 1. The average molecular weight is 316 g/mol. The van der Waals surface area contributed by atoms with E-state index in [4.69, 9.17) is 5.73 Å². The second-order valence-electron chi connectivity index (χ2n) is 4.44. The van der Waals surface area contributed by atoms with E-state index in [1.54, 1.807) is 0 Å². The molecule has 0 aliphatic rings. The van der Waals surface area contributed by atoms with Gasteiger partial charge in [-0.25, -0.2) is 4.68 Å². The highest BCUT2D eigenvalue weighted by atomic mass is 79.9. The van der Waals surface area contributed by atoms with E-state index in [0.717, 1.165) is 27.5 Å². The Kier molecular flexibility index (Phi) is 3.36. The summed E-state index contributed by atoms with van der Waals surface area (Å²) in [7, 11) is 0. The number of nitrogens with zero attached hydrogens (tertiary/aromatic N) is 2. The first kappa shape index (κ1) is 12.4. The fourth-order valence-corrected chi connectivity index (χ4v) is 2.80. The number of rotatable bonds is 3. The summed E-state index contributed by atoms with van der Waals surface area (Å²) in [4.78, 5) is 0. The summed E-state index contributed by atoms with van der Waals surface area (Å²) in [5.74, 6) is 0. The Labute approximate surface area is 120 Å². The molecule has 0 saturated carbocycles. The summed E-state index contributed by atoms with van der Waals surface area (Å²) in [5, 5.41) is 5.60. The zero-order chi connectivity index (χ0) is 13.2. The van der Waals surface area contributed by atoms with Crippen LogP contribution in [0.15, 0.2) is 53.1 Å². The molecule has 4 heteroatoms. The fraction of sp³-hybridized carbons (Fsp3) is 0.133. The van der Waals surface area contributed by atoms with Gasteiger partial charge in [0.05, 0.1) is 17.4 Å². The quantitative estimate of drug-likeness (QED) is 0.806. The van der Waals surface area contributed by atoms with Gasteiger partial charge in [-0.1, -0.05) is 24.3 Å². The molecule has 0 aliphatic heterocycles. The lowest BCUT2D eigenvalue weighted by atomic mass is 10.1. The minimum Gasteiger partial charge on any atom is -0.330 e. The number of aromatic nitrogens is 2. The number of benzene rings is 2. The molecule has 1 heterocycles. The molecular weight excluding hydrogens is 302 g/mol. The van der Waals surface area contributed by atoms with Gasteiger partial charge in [-0.05, 0) is 52.7 Å². The summed E-state index contributed by atoms with van der Waals surface area (Å²) >= 11 is 3.62. The van der Waals surface area contributed by atoms with Crippen molar-refractivity contribution in [1.29, 1.82) is 0 Å². The van der Waals surface area contributed by atoms with E-state index in [-0.39, 0.29) is 0 Å². The maximum Gasteiger partial charge on any atom is 0.0795 e. The monoisotopic (exact) mass is 315 g/mol. The molecule has 1 aromatic heterocycles. The Bertz CT molecular complexity index is 718. The van der Waals surface area contributed by atoms with Crippen molar-refractivity contribution < 1.29 is 0 Å². The molecule has 2 N–H and O–H groups in total. The van der Waals surface area contributed by atoms with Crippen LogP contribution in [0.5, 0.6) is 0 Å². The van der Waals surface area contributed by atoms with Crippen molar-refractivity contribution in [3.05, 3.63) is 58.7 Å². The van der Waals surface area contributed by atoms with E-state index in [1.165, 1.54) is 5.56 Å². The van der Waals surface area contributed by atoms with Gasteiger partial charge in [0.1, 0.15) is 0 Å². The van der Waals surface area contributed by atoms with Crippen molar-refractivity contribution in [3.8, 4) is 5.69 Å². The summed E-state index contributed by atoms with van der Waals surface area (Å²) in [6.45, 7) is 0.663. The summed E-state index contributed by atoms with van der Waals surface area (Å²) < 4.78 is 2.98. The van der Waals surface area contributed by atoms with Gasteiger partial charge in [-0.2, -0.15) is 5.10 Å². The van der Waals surface area contributed by atoms with Crippen molar-refractivity contribution in [2.45, 2.75) is 6.42 Å². The second-order valence-corrected chi connectivity index (χ2v) is 5.29. The van der Waals surface area contributed by atoms with Crippen LogP contribution in [-0.2, 0) is 6.42 Å². The molecule has 0 aliphatic carbocycles. The number of halogens is 1. The van der Waals surface area contributed by atoms with E-state index in [1.807, 2.05) is 23.0 Å². The van der Waals surface area contributed by atoms with E-state index in [0.29, 0.717) is 6.54 Å². The lowest BCUT2D eigenvalue weighted by Gasteiger charge is -2.08. The number of hydrogen-bond acceptors (Lipinski definition) is 2. The van der Waals surface area contributed by atoms with Gasteiger partial charge < -0.3 is 5.73 Å². The third kappa shape index (κ3) is 2.29. The van der Waals surface area contributed by atoms with Gasteiger partial charge in [-0.3, -0.25) is 0 Å². The molecule has 0 atom stereocenters. The standard InChI is InChI=1S/C15H14BrN3/c16-13-9-11(7-8-17)5-6-15(13)19-14-4-2-1-3-12(14)10-18-19/h1-6,9-10H,7-8,17H2. The van der Waals surface area contributed by atoms with Crippen molar-refractivity contribution in [2.75, 3.05) is 6.54 Å². The molecular formula is C15H14BrN3. The van der Waals surface area contributed by atoms with Crippen LogP contribution < -0.4 is 5.73 Å². The fourth-order valence-electron chi connectivity index (χ4n) is 2.21. The maximum atomic E-state index is 5.58. The van der Waals surface area contributed by atoms with Crippen molar-refractivity contribution >= 4 is 26.8 Å². The van der Waals surface area contributed by atoms with E-state index >= 15 is 0 Å². The number of hydrogen-bond donors (Lipinski definition) is 1. The minimum absolute atomic E-state index is 0.663. The molecule has 0 radical (unpaired) electrons. The Morgan fingerprint density at radius 3 is 2.79 bits per heavy atom. The van der Waals surface area contributed by atoms with E-state index in [2.05, 4.69) is 51.4 Å². The largest absolute Gasteiger partial charge is 0.330 e. The van der Waals surface area contributed by atoms with Crippen LogP contribution in [0, 0.1) is 0 Å². The van der Waals surface area contributed by atoms with Crippen molar-refractivity contribution in [3.63, 3.8) is 0 Å². The van der Waals surface area contributed by atoms with Crippen molar-refractivity contribution in [2.24, 2.45) is 5.73 Å². The highest BCUT2D eigenvalue weighted by Gasteiger charge is 2.08. The smallest absolute Gasteiger partial charge is 0.0795 e. The molecule has 0 bridgehead atoms. The van der Waals surface area contributed by atoms with Crippen LogP contribution in [0.25, 0.3) is 16.6 Å². The predicted octanol–water partition coefficient (Wildman–Crippen LogP) is 3.29. The Morgan fingerprint density at radius 2 is 2.00 bits per heavy atom. The van der Waals surface area contributed by atoms with Crippen LogP contribution in [0.4, 0.5) is 0 Å². The minimum atomic E-state index is 0.663. The lowest BCUT2D eigenvalue weighted by molar-refractivity contribution is 0.900. The lowest BCUT2D eigenvalue weighted by Crippen LogP contribution is -2.03. The first-order chi connectivity index (χ1) is 9.29. The molecule has 0 amide bonds. The third-order valence-corrected chi connectivity index (χ3v) is 3.79. The van der Waals surface area contributed by atoms with Gasteiger partial charge >= 0.3 is 0 Å². The second kappa shape index (κ2) is 5.15. The highest BCUT2D eigenvalue weighted by molar-refractivity contribution is 9.10. The molecule has 2 aromatic carbocycles. The average Bonchev–Trinajstić information content (AvgIpc) is 2.83. The summed E-state index contributed by atoms with van der Waals surface area (Å²) in [5.41, 5.74) is 8.97. The molecule has 96 valence electrons. The van der Waals surface area contributed by atoms with Crippen LogP contribution >= 0.6 is 15.9 Å². The normalized spacial score (nSPS) is 11.1. The molecule has 0 saturated heterocycles. The predicted molar refractivity (Wildman–Crippen MR) is 81.5 cm³/mol. The maximum absolute atomic E-state index is 5.58. The Hall–Kier alpha value is -1.65. The first-order valence-electron chi connectivity index (χ1n) is 6.21. The topological polar surface area (TPSA) is 43.8 Å². The molecule has 0 fully saturated rings. The molecule has 0 spiro atoms. The van der Waals surface area contributed by atoms with Gasteiger partial charge in [0.2, 0.25) is 0 Å². The zero-order valence-electron chi connectivity index (χ0n) is 10.4. The van der Waals surface area contributed by atoms with Crippen LogP contribution in [0.3, 0.4) is 0 Å². The first-order valence-corrected chi connectivity index (χ1v) is 7.00. The van der Waals surface area contributed by atoms with Crippen molar-refractivity contribution in [1.82, 2.24) is 9.78 Å². The van der Waals surface area contributed by atoms with Gasteiger partial charge in [0.15, 0.2) is 0 Å². The summed E-state index contributed by atoms with van der Waals surface area (Å²) in [6.07, 6.45) is 2.77. The van der Waals surface area contributed by atoms with Crippen LogP contribution in [0.1, 0.15) is 5.56 Å². The zero-order valence-corrected chi connectivity index (χ0v) is 12.0. The number of fused-ring (bicyclic) bond motifs is 1. The highest BCUT2D eigenvalue weighted by Crippen LogP contribution is 2.25. The third-order valence-electron chi connectivity index (χ3n) is 3.15. The molecule has 3 nitrogen and oxygen atoms in total. The number of nitrogens with two attached hydrogens (primary N) is 1. The molecule has 3 rings (SSSR count). The van der Waals surface area contributed by atoms with Crippen LogP contribution in [-0.4, -0.2) is 16.3 Å². The Morgan fingerprint density at radius 1 is 1.16 bits per heavy atom. The SMILES string of the molecule is NCCc1ccc(-n2ncc3ccccc32)c(Br)c1. The summed E-state index contributed by atoms with van der Waals surface area (Å²) in [6, 6.07) is 14.5. The van der Waals surface area contributed by atoms with Gasteiger partial charge in [0, 0.05) is 9.86 Å².